The van der Waals surface area contributed by atoms with Crippen molar-refractivity contribution in [3.63, 3.8) is 0 Å². The van der Waals surface area contributed by atoms with Crippen LogP contribution in [0, 0.1) is 0 Å². The maximum absolute atomic E-state index is 11.6. The van der Waals surface area contributed by atoms with Crippen molar-refractivity contribution in [2.75, 3.05) is 6.61 Å². The lowest BCUT2D eigenvalue weighted by Gasteiger charge is -2.11. The first-order valence-corrected chi connectivity index (χ1v) is 7.42. The standard InChI is InChI=1S/C14H15NO3S/c1-2-18-12-8-9-14(19(15,16)17)13(10-12)11-6-4-3-5-7-11/h3-10H,2H2,1H3,(H2,15,16,17). The Bertz CT molecular complexity index is 666. The van der Waals surface area contributed by atoms with Gasteiger partial charge in [0.05, 0.1) is 11.5 Å². The third kappa shape index (κ3) is 3.13. The minimum Gasteiger partial charge on any atom is -0.494 e. The lowest BCUT2D eigenvalue weighted by Crippen LogP contribution is -2.13. The zero-order valence-corrected chi connectivity index (χ0v) is 11.4. The molecule has 2 aromatic rings. The van der Waals surface area contributed by atoms with Gasteiger partial charge in [-0.1, -0.05) is 30.3 Å². The Hall–Kier alpha value is -1.85. The third-order valence-corrected chi connectivity index (χ3v) is 3.62. The summed E-state index contributed by atoms with van der Waals surface area (Å²) in [6.07, 6.45) is 0. The second-order valence-electron chi connectivity index (χ2n) is 4.00. The molecule has 19 heavy (non-hydrogen) atoms. The van der Waals surface area contributed by atoms with E-state index in [1.54, 1.807) is 12.1 Å². The Balaban J connectivity index is 2.64. The lowest BCUT2D eigenvalue weighted by molar-refractivity contribution is 0.340. The second-order valence-corrected chi connectivity index (χ2v) is 5.53. The zero-order valence-electron chi connectivity index (χ0n) is 10.5. The number of rotatable bonds is 4. The van der Waals surface area contributed by atoms with Crippen LogP contribution in [-0.2, 0) is 10.0 Å². The summed E-state index contributed by atoms with van der Waals surface area (Å²) in [5.41, 5.74) is 1.34. The average molecular weight is 277 g/mol. The topological polar surface area (TPSA) is 69.4 Å². The second kappa shape index (κ2) is 5.42. The summed E-state index contributed by atoms with van der Waals surface area (Å²) in [6.45, 7) is 2.39. The summed E-state index contributed by atoms with van der Waals surface area (Å²) in [5, 5.41) is 5.25. The first-order chi connectivity index (χ1) is 9.02. The number of sulfonamides is 1. The van der Waals surface area contributed by atoms with E-state index >= 15 is 0 Å². The van der Waals surface area contributed by atoms with Crippen LogP contribution in [0.2, 0.25) is 0 Å². The Morgan fingerprint density at radius 1 is 1.11 bits per heavy atom. The van der Waals surface area contributed by atoms with Gasteiger partial charge in [-0.25, -0.2) is 13.6 Å². The quantitative estimate of drug-likeness (QED) is 0.933. The molecule has 2 aromatic carbocycles. The molecule has 2 rings (SSSR count). The predicted molar refractivity (Wildman–Crippen MR) is 74.4 cm³/mol. The molecule has 0 atom stereocenters. The molecular weight excluding hydrogens is 262 g/mol. The maximum atomic E-state index is 11.6. The molecule has 100 valence electrons. The summed E-state index contributed by atoms with van der Waals surface area (Å²) in [5.74, 6) is 0.619. The molecule has 0 saturated carbocycles. The molecule has 0 aliphatic heterocycles. The van der Waals surface area contributed by atoms with Gasteiger partial charge in [0.25, 0.3) is 0 Å². The number of hydrogen-bond donors (Lipinski definition) is 1. The van der Waals surface area contributed by atoms with Gasteiger partial charge in [-0.15, -0.1) is 0 Å². The van der Waals surface area contributed by atoms with Crippen LogP contribution in [0.15, 0.2) is 53.4 Å². The van der Waals surface area contributed by atoms with Gasteiger partial charge < -0.3 is 4.74 Å². The van der Waals surface area contributed by atoms with Crippen molar-refractivity contribution in [1.29, 1.82) is 0 Å². The Morgan fingerprint density at radius 3 is 2.37 bits per heavy atom. The van der Waals surface area contributed by atoms with Gasteiger partial charge in [-0.05, 0) is 30.7 Å². The molecule has 0 spiro atoms. The van der Waals surface area contributed by atoms with E-state index in [2.05, 4.69) is 0 Å². The van der Waals surface area contributed by atoms with Crippen molar-refractivity contribution in [2.24, 2.45) is 5.14 Å². The van der Waals surface area contributed by atoms with Crippen molar-refractivity contribution in [3.8, 4) is 16.9 Å². The molecule has 0 heterocycles. The molecule has 0 amide bonds. The number of primary sulfonamides is 1. The van der Waals surface area contributed by atoms with Gasteiger partial charge in [-0.2, -0.15) is 0 Å². The summed E-state index contributed by atoms with van der Waals surface area (Å²) < 4.78 is 28.7. The van der Waals surface area contributed by atoms with Crippen LogP contribution in [0.5, 0.6) is 5.75 Å². The van der Waals surface area contributed by atoms with Gasteiger partial charge in [0, 0.05) is 5.56 Å². The number of nitrogens with two attached hydrogens (primary N) is 1. The van der Waals surface area contributed by atoms with E-state index < -0.39 is 10.0 Å². The average Bonchev–Trinajstić information content (AvgIpc) is 2.39. The fourth-order valence-corrected chi connectivity index (χ4v) is 2.60. The fourth-order valence-electron chi connectivity index (χ4n) is 1.86. The van der Waals surface area contributed by atoms with Crippen LogP contribution in [-0.4, -0.2) is 15.0 Å². The maximum Gasteiger partial charge on any atom is 0.238 e. The molecule has 0 aromatic heterocycles. The number of benzene rings is 2. The highest BCUT2D eigenvalue weighted by Crippen LogP contribution is 2.30. The molecule has 0 aliphatic rings. The van der Waals surface area contributed by atoms with E-state index in [1.165, 1.54) is 6.07 Å². The molecule has 0 unspecified atom stereocenters. The summed E-state index contributed by atoms with van der Waals surface area (Å²) >= 11 is 0. The van der Waals surface area contributed by atoms with E-state index in [9.17, 15) is 8.42 Å². The molecule has 0 aliphatic carbocycles. The van der Waals surface area contributed by atoms with Crippen molar-refractivity contribution in [2.45, 2.75) is 11.8 Å². The highest BCUT2D eigenvalue weighted by Gasteiger charge is 2.16. The van der Waals surface area contributed by atoms with E-state index in [0.29, 0.717) is 17.9 Å². The highest BCUT2D eigenvalue weighted by molar-refractivity contribution is 7.89. The summed E-state index contributed by atoms with van der Waals surface area (Å²) in [6, 6.07) is 14.0. The van der Waals surface area contributed by atoms with Crippen molar-refractivity contribution >= 4 is 10.0 Å². The van der Waals surface area contributed by atoms with E-state index in [1.807, 2.05) is 37.3 Å². The van der Waals surface area contributed by atoms with E-state index in [-0.39, 0.29) is 4.90 Å². The molecule has 2 N–H and O–H groups in total. The van der Waals surface area contributed by atoms with Crippen LogP contribution >= 0.6 is 0 Å². The Morgan fingerprint density at radius 2 is 1.79 bits per heavy atom. The van der Waals surface area contributed by atoms with Crippen LogP contribution in [0.3, 0.4) is 0 Å². The Labute approximate surface area is 112 Å². The van der Waals surface area contributed by atoms with Gasteiger partial charge in [0.15, 0.2) is 0 Å². The molecule has 4 nitrogen and oxygen atoms in total. The van der Waals surface area contributed by atoms with Crippen molar-refractivity contribution in [3.05, 3.63) is 48.5 Å². The first kappa shape index (κ1) is 13.6. The van der Waals surface area contributed by atoms with Gasteiger partial charge in [0.1, 0.15) is 5.75 Å². The normalized spacial score (nSPS) is 11.3. The van der Waals surface area contributed by atoms with Crippen molar-refractivity contribution in [1.82, 2.24) is 0 Å². The fraction of sp³-hybridized carbons (Fsp3) is 0.143. The molecule has 0 saturated heterocycles. The molecule has 5 heteroatoms. The SMILES string of the molecule is CCOc1ccc(S(N)(=O)=O)c(-c2ccccc2)c1. The van der Waals surface area contributed by atoms with Gasteiger partial charge in [0.2, 0.25) is 10.0 Å². The summed E-state index contributed by atoms with van der Waals surface area (Å²) in [4.78, 5) is 0.0992. The number of ether oxygens (including phenoxy) is 1. The molecule has 0 fully saturated rings. The Kier molecular flexibility index (Phi) is 3.87. The van der Waals surface area contributed by atoms with Gasteiger partial charge >= 0.3 is 0 Å². The third-order valence-electron chi connectivity index (χ3n) is 2.65. The predicted octanol–water partition coefficient (Wildman–Crippen LogP) is 2.40. The van der Waals surface area contributed by atoms with Crippen LogP contribution in [0.25, 0.3) is 11.1 Å². The van der Waals surface area contributed by atoms with Crippen LogP contribution < -0.4 is 9.88 Å². The zero-order chi connectivity index (χ0) is 13.9. The molecule has 0 radical (unpaired) electrons. The van der Waals surface area contributed by atoms with Crippen LogP contribution in [0.4, 0.5) is 0 Å². The first-order valence-electron chi connectivity index (χ1n) is 5.87. The molecular formula is C14H15NO3S. The monoisotopic (exact) mass is 277 g/mol. The van der Waals surface area contributed by atoms with Crippen molar-refractivity contribution < 1.29 is 13.2 Å². The largest absolute Gasteiger partial charge is 0.494 e. The molecule has 0 bridgehead atoms. The van der Waals surface area contributed by atoms with E-state index in [0.717, 1.165) is 5.56 Å². The highest BCUT2D eigenvalue weighted by atomic mass is 32.2. The summed E-state index contributed by atoms with van der Waals surface area (Å²) in [7, 11) is -3.77. The minimum absolute atomic E-state index is 0.0992. The van der Waals surface area contributed by atoms with Gasteiger partial charge in [-0.3, -0.25) is 0 Å². The lowest BCUT2D eigenvalue weighted by atomic mass is 10.1. The minimum atomic E-state index is -3.77. The van der Waals surface area contributed by atoms with E-state index in [4.69, 9.17) is 9.88 Å². The van der Waals surface area contributed by atoms with Crippen LogP contribution in [0.1, 0.15) is 6.92 Å². The number of hydrogen-bond acceptors (Lipinski definition) is 3. The smallest absolute Gasteiger partial charge is 0.238 e.